The SMILES string of the molecule is CNC(CC1CCCCO1)c1cccc2ncccc12. The molecule has 20 heavy (non-hydrogen) atoms. The Labute approximate surface area is 120 Å². The van der Waals surface area contributed by atoms with Crippen LogP contribution in [-0.4, -0.2) is 24.7 Å². The Kier molecular flexibility index (Phi) is 4.28. The molecule has 0 saturated carbocycles. The van der Waals surface area contributed by atoms with Crippen molar-refractivity contribution in [1.29, 1.82) is 0 Å². The lowest BCUT2D eigenvalue weighted by Gasteiger charge is -2.27. The number of hydrogen-bond acceptors (Lipinski definition) is 3. The van der Waals surface area contributed by atoms with E-state index in [1.165, 1.54) is 30.2 Å². The maximum Gasteiger partial charge on any atom is 0.0705 e. The van der Waals surface area contributed by atoms with Crippen molar-refractivity contribution < 1.29 is 4.74 Å². The minimum Gasteiger partial charge on any atom is -0.378 e. The van der Waals surface area contributed by atoms with Crippen LogP contribution in [0.1, 0.15) is 37.3 Å². The third-order valence-corrected chi connectivity index (χ3v) is 4.18. The molecule has 0 amide bonds. The molecule has 2 aromatic rings. The number of benzene rings is 1. The zero-order chi connectivity index (χ0) is 13.8. The maximum atomic E-state index is 5.89. The number of pyridine rings is 1. The Hall–Kier alpha value is -1.45. The van der Waals surface area contributed by atoms with Crippen molar-refractivity contribution in [2.45, 2.75) is 37.8 Å². The normalized spacial score (nSPS) is 20.9. The number of aromatic nitrogens is 1. The first-order valence-corrected chi connectivity index (χ1v) is 7.51. The van der Waals surface area contributed by atoms with Gasteiger partial charge in [0.2, 0.25) is 0 Å². The molecule has 2 atom stereocenters. The van der Waals surface area contributed by atoms with Crippen LogP contribution in [0.4, 0.5) is 0 Å². The lowest BCUT2D eigenvalue weighted by molar-refractivity contribution is 0.00556. The fourth-order valence-electron chi connectivity index (χ4n) is 3.09. The Morgan fingerprint density at radius 1 is 1.30 bits per heavy atom. The maximum absolute atomic E-state index is 5.89. The Balaban J connectivity index is 1.86. The van der Waals surface area contributed by atoms with Gasteiger partial charge in [-0.3, -0.25) is 4.98 Å². The summed E-state index contributed by atoms with van der Waals surface area (Å²) in [5.41, 5.74) is 2.39. The number of nitrogens with zero attached hydrogens (tertiary/aromatic N) is 1. The highest BCUT2D eigenvalue weighted by atomic mass is 16.5. The predicted octanol–water partition coefficient (Wildman–Crippen LogP) is 3.45. The van der Waals surface area contributed by atoms with Crippen molar-refractivity contribution in [2.24, 2.45) is 0 Å². The smallest absolute Gasteiger partial charge is 0.0705 e. The van der Waals surface area contributed by atoms with Crippen LogP contribution in [-0.2, 0) is 4.74 Å². The van der Waals surface area contributed by atoms with E-state index in [2.05, 4.69) is 34.6 Å². The van der Waals surface area contributed by atoms with E-state index in [0.29, 0.717) is 12.1 Å². The van der Waals surface area contributed by atoms with Crippen LogP contribution in [0.15, 0.2) is 36.5 Å². The first-order valence-electron chi connectivity index (χ1n) is 7.51. The molecule has 1 aliphatic heterocycles. The zero-order valence-electron chi connectivity index (χ0n) is 12.0. The van der Waals surface area contributed by atoms with Crippen molar-refractivity contribution in [1.82, 2.24) is 10.3 Å². The molecule has 3 nitrogen and oxygen atoms in total. The zero-order valence-corrected chi connectivity index (χ0v) is 12.0. The summed E-state index contributed by atoms with van der Waals surface area (Å²) in [4.78, 5) is 4.45. The molecule has 2 unspecified atom stereocenters. The van der Waals surface area contributed by atoms with Crippen LogP contribution in [0.2, 0.25) is 0 Å². The number of ether oxygens (including phenoxy) is 1. The van der Waals surface area contributed by atoms with Crippen LogP contribution < -0.4 is 5.32 Å². The van der Waals surface area contributed by atoms with Crippen LogP contribution in [0.25, 0.3) is 10.9 Å². The third-order valence-electron chi connectivity index (χ3n) is 4.18. The molecule has 0 aliphatic carbocycles. The Bertz CT molecular complexity index is 558. The molecule has 1 N–H and O–H groups in total. The highest BCUT2D eigenvalue weighted by Crippen LogP contribution is 2.29. The number of nitrogens with one attached hydrogen (secondary N) is 1. The van der Waals surface area contributed by atoms with E-state index in [9.17, 15) is 0 Å². The van der Waals surface area contributed by atoms with Gasteiger partial charge in [0.05, 0.1) is 11.6 Å². The minimum atomic E-state index is 0.325. The van der Waals surface area contributed by atoms with Gasteiger partial charge in [0.1, 0.15) is 0 Å². The monoisotopic (exact) mass is 270 g/mol. The van der Waals surface area contributed by atoms with Gasteiger partial charge in [-0.25, -0.2) is 0 Å². The van der Waals surface area contributed by atoms with Crippen LogP contribution in [0, 0.1) is 0 Å². The van der Waals surface area contributed by atoms with Crippen molar-refractivity contribution >= 4 is 10.9 Å². The largest absolute Gasteiger partial charge is 0.378 e. The summed E-state index contributed by atoms with van der Waals surface area (Å²) in [7, 11) is 2.03. The van der Waals surface area contributed by atoms with Gasteiger partial charge in [0.15, 0.2) is 0 Å². The fraction of sp³-hybridized carbons (Fsp3) is 0.471. The average Bonchev–Trinajstić information content (AvgIpc) is 2.53. The fourth-order valence-corrected chi connectivity index (χ4v) is 3.09. The molecule has 1 fully saturated rings. The van der Waals surface area contributed by atoms with E-state index < -0.39 is 0 Å². The lowest BCUT2D eigenvalue weighted by Crippen LogP contribution is -2.27. The van der Waals surface area contributed by atoms with Gasteiger partial charge in [-0.2, -0.15) is 0 Å². The molecule has 1 aliphatic rings. The highest BCUT2D eigenvalue weighted by Gasteiger charge is 2.21. The van der Waals surface area contributed by atoms with Gasteiger partial charge in [0.25, 0.3) is 0 Å². The molecule has 0 spiro atoms. The van der Waals surface area contributed by atoms with E-state index in [1.54, 1.807) is 0 Å². The standard InChI is InChI=1S/C17H22N2O/c1-18-17(12-13-6-2-3-11-20-13)15-7-4-9-16-14(15)8-5-10-19-16/h4-5,7-10,13,17-18H,2-3,6,11-12H2,1H3. The van der Waals surface area contributed by atoms with Gasteiger partial charge in [-0.15, -0.1) is 0 Å². The number of fused-ring (bicyclic) bond motifs is 1. The Morgan fingerprint density at radius 2 is 2.25 bits per heavy atom. The molecule has 1 saturated heterocycles. The van der Waals surface area contributed by atoms with E-state index in [-0.39, 0.29) is 0 Å². The second-order valence-corrected chi connectivity index (χ2v) is 5.48. The second-order valence-electron chi connectivity index (χ2n) is 5.48. The van der Waals surface area contributed by atoms with Gasteiger partial charge in [-0.05, 0) is 50.4 Å². The molecule has 2 heterocycles. The molecule has 0 radical (unpaired) electrons. The third kappa shape index (κ3) is 2.84. The molecule has 1 aromatic heterocycles. The van der Waals surface area contributed by atoms with Crippen molar-refractivity contribution in [2.75, 3.05) is 13.7 Å². The average molecular weight is 270 g/mol. The van der Waals surface area contributed by atoms with Crippen molar-refractivity contribution in [3.63, 3.8) is 0 Å². The number of hydrogen-bond donors (Lipinski definition) is 1. The predicted molar refractivity (Wildman–Crippen MR) is 81.8 cm³/mol. The van der Waals surface area contributed by atoms with E-state index in [4.69, 9.17) is 4.74 Å². The summed E-state index contributed by atoms with van der Waals surface area (Å²) in [6.45, 7) is 0.915. The summed E-state index contributed by atoms with van der Waals surface area (Å²) < 4.78 is 5.89. The van der Waals surface area contributed by atoms with Gasteiger partial charge < -0.3 is 10.1 Å². The van der Waals surface area contributed by atoms with Crippen LogP contribution in [0.3, 0.4) is 0 Å². The summed E-state index contributed by atoms with van der Waals surface area (Å²) in [5, 5.41) is 4.69. The first kappa shape index (κ1) is 13.5. The number of rotatable bonds is 4. The van der Waals surface area contributed by atoms with Gasteiger partial charge in [0, 0.05) is 24.2 Å². The highest BCUT2D eigenvalue weighted by molar-refractivity contribution is 5.82. The Morgan fingerprint density at radius 3 is 3.05 bits per heavy atom. The first-order chi connectivity index (χ1) is 9.88. The van der Waals surface area contributed by atoms with E-state index in [0.717, 1.165) is 18.5 Å². The summed E-state index contributed by atoms with van der Waals surface area (Å²) in [6.07, 6.45) is 6.95. The molecular weight excluding hydrogens is 248 g/mol. The van der Waals surface area contributed by atoms with Crippen molar-refractivity contribution in [3.05, 3.63) is 42.1 Å². The molecule has 0 bridgehead atoms. The van der Waals surface area contributed by atoms with Crippen molar-refractivity contribution in [3.8, 4) is 0 Å². The molecule has 1 aromatic carbocycles. The topological polar surface area (TPSA) is 34.1 Å². The second kappa shape index (κ2) is 6.33. The van der Waals surface area contributed by atoms with Crippen LogP contribution in [0.5, 0.6) is 0 Å². The van der Waals surface area contributed by atoms with E-state index in [1.807, 2.05) is 19.3 Å². The molecule has 3 heteroatoms. The minimum absolute atomic E-state index is 0.325. The summed E-state index contributed by atoms with van der Waals surface area (Å²) in [5.74, 6) is 0. The molecule has 3 rings (SSSR count). The van der Waals surface area contributed by atoms with Gasteiger partial charge in [-0.1, -0.05) is 18.2 Å². The molecule has 106 valence electrons. The summed E-state index contributed by atoms with van der Waals surface area (Å²) in [6, 6.07) is 10.9. The summed E-state index contributed by atoms with van der Waals surface area (Å²) >= 11 is 0. The van der Waals surface area contributed by atoms with Gasteiger partial charge >= 0.3 is 0 Å². The van der Waals surface area contributed by atoms with Crippen LogP contribution >= 0.6 is 0 Å². The van der Waals surface area contributed by atoms with E-state index >= 15 is 0 Å². The quantitative estimate of drug-likeness (QED) is 0.924. The molecular formula is C17H22N2O. The lowest BCUT2D eigenvalue weighted by atomic mass is 9.94.